The molecule has 0 saturated heterocycles. The first kappa shape index (κ1) is 20.7. The van der Waals surface area contributed by atoms with Gasteiger partial charge in [-0.25, -0.2) is 0 Å². The molecular formula is C23H29NO6. The number of aliphatic hydroxyl groups is 1. The van der Waals surface area contributed by atoms with Gasteiger partial charge >= 0.3 is 0 Å². The first-order valence-electron chi connectivity index (χ1n) is 10.5. The van der Waals surface area contributed by atoms with E-state index < -0.39 is 6.04 Å². The Bertz CT molecular complexity index is 894. The van der Waals surface area contributed by atoms with Gasteiger partial charge in [0.2, 0.25) is 0 Å². The van der Waals surface area contributed by atoms with Gasteiger partial charge < -0.3 is 24.2 Å². The molecule has 2 aliphatic heterocycles. The molecule has 1 N–H and O–H groups in total. The number of hydrogen-bond donors (Lipinski definition) is 1. The molecule has 0 bridgehead atoms. The maximum Gasteiger partial charge on any atom is 0.290 e. The predicted molar refractivity (Wildman–Crippen MR) is 109 cm³/mol. The highest BCUT2D eigenvalue weighted by Gasteiger charge is 2.53. The topological polar surface area (TPSA) is 85.3 Å². The van der Waals surface area contributed by atoms with Gasteiger partial charge in [-0.3, -0.25) is 9.59 Å². The molecule has 5 atom stereocenters. The maximum atomic E-state index is 13.7. The van der Waals surface area contributed by atoms with Crippen LogP contribution in [-0.4, -0.2) is 55.2 Å². The molecule has 1 aliphatic carbocycles. The van der Waals surface area contributed by atoms with Crippen LogP contribution in [0.3, 0.4) is 0 Å². The number of ether oxygens (including phenoxy) is 3. The monoisotopic (exact) mass is 415 g/mol. The highest BCUT2D eigenvalue weighted by molar-refractivity contribution is 6.11. The molecule has 5 unspecified atom stereocenters. The largest absolute Gasteiger partial charge is 0.493 e. The van der Waals surface area contributed by atoms with Crippen LogP contribution < -0.4 is 9.47 Å². The van der Waals surface area contributed by atoms with E-state index in [4.69, 9.17) is 14.2 Å². The van der Waals surface area contributed by atoms with E-state index in [-0.39, 0.29) is 48.5 Å². The fraction of sp³-hybridized carbons (Fsp3) is 0.565. The van der Waals surface area contributed by atoms with Crippen LogP contribution in [0.2, 0.25) is 0 Å². The van der Waals surface area contributed by atoms with Crippen LogP contribution in [0, 0.1) is 17.8 Å². The van der Waals surface area contributed by atoms with E-state index in [9.17, 15) is 14.7 Å². The number of benzene rings is 1. The highest BCUT2D eigenvalue weighted by atomic mass is 16.5. The van der Waals surface area contributed by atoms with Crippen LogP contribution in [0.15, 0.2) is 29.5 Å². The summed E-state index contributed by atoms with van der Waals surface area (Å²) in [4.78, 5) is 28.4. The molecule has 4 rings (SSSR count). The van der Waals surface area contributed by atoms with Crippen LogP contribution in [0.25, 0.3) is 0 Å². The Balaban J connectivity index is 1.81. The van der Waals surface area contributed by atoms with Gasteiger partial charge in [-0.1, -0.05) is 19.9 Å². The summed E-state index contributed by atoms with van der Waals surface area (Å²) in [5.41, 5.74) is 1.13. The SMILES string of the molecule is COc1ccc(C2C3=C(OC4C(C)CC(C)CC4C3=O)C(=O)N2CCO)cc1OC. The molecule has 1 aromatic rings. The summed E-state index contributed by atoms with van der Waals surface area (Å²) in [7, 11) is 3.10. The first-order chi connectivity index (χ1) is 14.4. The summed E-state index contributed by atoms with van der Waals surface area (Å²) in [6.45, 7) is 4.16. The van der Waals surface area contributed by atoms with Crippen LogP contribution >= 0.6 is 0 Å². The normalized spacial score (nSPS) is 30.7. The van der Waals surface area contributed by atoms with Crippen LogP contribution in [-0.2, 0) is 14.3 Å². The number of β-amino-alcohol motifs (C(OH)–C–C–N with tert-alkyl or cyclic N) is 1. The second kappa shape index (κ2) is 7.95. The third-order valence-electron chi connectivity index (χ3n) is 6.59. The Morgan fingerprint density at radius 3 is 2.53 bits per heavy atom. The Kier molecular flexibility index (Phi) is 5.49. The molecule has 7 nitrogen and oxygen atoms in total. The van der Waals surface area contributed by atoms with E-state index >= 15 is 0 Å². The van der Waals surface area contributed by atoms with E-state index in [1.54, 1.807) is 26.4 Å². The standard InChI is InChI=1S/C23H29NO6/c1-12-9-13(2)21-15(10-12)20(26)18-19(24(7-8-25)23(27)22(18)30-21)14-5-6-16(28-3)17(11-14)29-4/h5-6,11-13,15,19,21,25H,7-10H2,1-4H3. The van der Waals surface area contributed by atoms with Crippen molar-refractivity contribution in [2.75, 3.05) is 27.4 Å². The van der Waals surface area contributed by atoms with Gasteiger partial charge in [0.15, 0.2) is 23.0 Å². The molecule has 0 spiro atoms. The van der Waals surface area contributed by atoms with Gasteiger partial charge in [0.05, 0.1) is 38.4 Å². The highest BCUT2D eigenvalue weighted by Crippen LogP contribution is 2.49. The minimum atomic E-state index is -0.611. The number of carbonyl (C=O) groups excluding carboxylic acids is 2. The lowest BCUT2D eigenvalue weighted by Crippen LogP contribution is -2.45. The minimum Gasteiger partial charge on any atom is -0.493 e. The number of nitrogens with zero attached hydrogens (tertiary/aromatic N) is 1. The van der Waals surface area contributed by atoms with E-state index in [0.717, 1.165) is 18.4 Å². The van der Waals surface area contributed by atoms with Crippen molar-refractivity contribution in [2.45, 2.75) is 38.8 Å². The lowest BCUT2D eigenvalue weighted by molar-refractivity contribution is -0.139. The number of carbonyl (C=O) groups is 2. The van der Waals surface area contributed by atoms with E-state index in [0.29, 0.717) is 23.0 Å². The zero-order chi connectivity index (χ0) is 21.6. The number of hydrogen-bond acceptors (Lipinski definition) is 6. The van der Waals surface area contributed by atoms with Crippen molar-refractivity contribution in [2.24, 2.45) is 17.8 Å². The second-order valence-corrected chi connectivity index (χ2v) is 8.59. The molecule has 1 saturated carbocycles. The van der Waals surface area contributed by atoms with Gasteiger partial charge in [-0.15, -0.1) is 0 Å². The van der Waals surface area contributed by atoms with Crippen LogP contribution in [0.1, 0.15) is 38.3 Å². The number of Topliss-reactive ketones (excluding diaryl/α,β-unsaturated/α-hetero) is 1. The third kappa shape index (κ3) is 3.16. The van der Waals surface area contributed by atoms with E-state index in [2.05, 4.69) is 13.8 Å². The third-order valence-corrected chi connectivity index (χ3v) is 6.59. The van der Waals surface area contributed by atoms with Gasteiger partial charge in [0.1, 0.15) is 6.10 Å². The number of amides is 1. The molecule has 1 fully saturated rings. The van der Waals surface area contributed by atoms with E-state index in [1.807, 2.05) is 6.07 Å². The quantitative estimate of drug-likeness (QED) is 0.795. The van der Waals surface area contributed by atoms with Crippen molar-refractivity contribution >= 4 is 11.7 Å². The summed E-state index contributed by atoms with van der Waals surface area (Å²) in [5, 5.41) is 9.59. The summed E-state index contributed by atoms with van der Waals surface area (Å²) in [6, 6.07) is 4.75. The molecule has 162 valence electrons. The molecule has 1 aromatic carbocycles. The molecule has 2 heterocycles. The number of ketones is 1. The van der Waals surface area contributed by atoms with Gasteiger partial charge in [0.25, 0.3) is 5.91 Å². The van der Waals surface area contributed by atoms with Crippen molar-refractivity contribution in [3.63, 3.8) is 0 Å². The zero-order valence-corrected chi connectivity index (χ0v) is 17.9. The van der Waals surface area contributed by atoms with Crippen LogP contribution in [0.5, 0.6) is 11.5 Å². The molecule has 7 heteroatoms. The lowest BCUT2D eigenvalue weighted by atomic mass is 9.70. The lowest BCUT2D eigenvalue weighted by Gasteiger charge is -2.41. The number of aliphatic hydroxyl groups excluding tert-OH is 1. The molecule has 3 aliphatic rings. The Hall–Kier alpha value is -2.54. The fourth-order valence-electron chi connectivity index (χ4n) is 5.33. The molecule has 1 amide bonds. The average molecular weight is 415 g/mol. The Morgan fingerprint density at radius 2 is 1.87 bits per heavy atom. The average Bonchev–Trinajstić information content (AvgIpc) is 3.01. The second-order valence-electron chi connectivity index (χ2n) is 8.59. The summed E-state index contributed by atoms with van der Waals surface area (Å²) in [5.74, 6) is 1.28. The molecule has 0 radical (unpaired) electrons. The summed E-state index contributed by atoms with van der Waals surface area (Å²) >= 11 is 0. The smallest absolute Gasteiger partial charge is 0.290 e. The zero-order valence-electron chi connectivity index (χ0n) is 17.9. The van der Waals surface area contributed by atoms with Gasteiger partial charge in [-0.2, -0.15) is 0 Å². The van der Waals surface area contributed by atoms with Crippen molar-refractivity contribution < 1.29 is 28.9 Å². The Labute approximate surface area is 176 Å². The van der Waals surface area contributed by atoms with Crippen molar-refractivity contribution in [3.8, 4) is 11.5 Å². The van der Waals surface area contributed by atoms with Gasteiger partial charge in [0, 0.05) is 6.54 Å². The van der Waals surface area contributed by atoms with E-state index in [1.165, 1.54) is 4.90 Å². The minimum absolute atomic E-state index is 0.00627. The van der Waals surface area contributed by atoms with Crippen molar-refractivity contribution in [3.05, 3.63) is 35.1 Å². The molecular weight excluding hydrogens is 386 g/mol. The summed E-state index contributed by atoms with van der Waals surface area (Å²) < 4.78 is 17.0. The number of rotatable bonds is 5. The van der Waals surface area contributed by atoms with Crippen molar-refractivity contribution in [1.29, 1.82) is 0 Å². The summed E-state index contributed by atoms with van der Waals surface area (Å²) in [6.07, 6.45) is 1.47. The van der Waals surface area contributed by atoms with Crippen molar-refractivity contribution in [1.82, 2.24) is 4.90 Å². The molecule has 0 aromatic heterocycles. The Morgan fingerprint density at radius 1 is 1.13 bits per heavy atom. The van der Waals surface area contributed by atoms with Crippen LogP contribution in [0.4, 0.5) is 0 Å². The first-order valence-corrected chi connectivity index (χ1v) is 10.5. The van der Waals surface area contributed by atoms with Gasteiger partial charge in [-0.05, 0) is 42.4 Å². The number of methoxy groups -OCH3 is 2. The molecule has 30 heavy (non-hydrogen) atoms. The number of fused-ring (bicyclic) bond motifs is 1. The fourth-order valence-corrected chi connectivity index (χ4v) is 5.33. The maximum absolute atomic E-state index is 13.7. The predicted octanol–water partition coefficient (Wildman–Crippen LogP) is 2.48.